The molecule has 1 aromatic rings. The second kappa shape index (κ2) is 9.33. The van der Waals surface area contributed by atoms with E-state index in [0.717, 1.165) is 16.4 Å². The summed E-state index contributed by atoms with van der Waals surface area (Å²) in [6.45, 7) is 7.92. The molecule has 0 bridgehead atoms. The smallest absolute Gasteiger partial charge is 0.338 e. The van der Waals surface area contributed by atoms with Gasteiger partial charge in [0.05, 0.1) is 23.7 Å². The van der Waals surface area contributed by atoms with Crippen LogP contribution in [0.3, 0.4) is 0 Å². The van der Waals surface area contributed by atoms with E-state index >= 15 is 0 Å². The molecule has 0 aromatic heterocycles. The summed E-state index contributed by atoms with van der Waals surface area (Å²) in [6.07, 6.45) is 1.71. The Labute approximate surface area is 179 Å². The molecule has 2 heterocycles. The number of carbonyl (C=O) groups excluding carboxylic acids is 2. The van der Waals surface area contributed by atoms with Crippen LogP contribution in [0.1, 0.15) is 31.9 Å². The molecular weight excluding hydrogens is 410 g/mol. The highest BCUT2D eigenvalue weighted by molar-refractivity contribution is 8.16. The Balaban J connectivity index is 2.04. The van der Waals surface area contributed by atoms with Gasteiger partial charge in [-0.1, -0.05) is 48.2 Å². The number of fused-ring (bicyclic) bond motifs is 1. The van der Waals surface area contributed by atoms with Gasteiger partial charge >= 0.3 is 5.97 Å². The lowest BCUT2D eigenvalue weighted by Gasteiger charge is -2.36. The van der Waals surface area contributed by atoms with Crippen LogP contribution in [-0.4, -0.2) is 35.1 Å². The van der Waals surface area contributed by atoms with Crippen molar-refractivity contribution in [1.29, 1.82) is 0 Å². The lowest BCUT2D eigenvalue weighted by Crippen LogP contribution is -2.38. The molecule has 8 heteroatoms. The van der Waals surface area contributed by atoms with E-state index in [2.05, 4.69) is 16.9 Å². The van der Waals surface area contributed by atoms with Gasteiger partial charge in [-0.2, -0.15) is 0 Å². The number of hydrogen-bond acceptors (Lipinski definition) is 6. The maximum atomic E-state index is 12.9. The van der Waals surface area contributed by atoms with Gasteiger partial charge in [0.2, 0.25) is 5.91 Å². The lowest BCUT2D eigenvalue weighted by atomic mass is 9.94. The van der Waals surface area contributed by atoms with Crippen molar-refractivity contribution < 1.29 is 14.3 Å². The number of benzene rings is 1. The van der Waals surface area contributed by atoms with Crippen LogP contribution >= 0.6 is 23.4 Å². The number of nitrogens with one attached hydrogen (secondary N) is 1. The fraction of sp³-hybridized carbons (Fsp3) is 0.286. The van der Waals surface area contributed by atoms with Crippen LogP contribution in [0.5, 0.6) is 0 Å². The minimum Gasteiger partial charge on any atom is -0.458 e. The van der Waals surface area contributed by atoms with E-state index in [0.29, 0.717) is 22.8 Å². The third kappa shape index (κ3) is 4.57. The fourth-order valence-electron chi connectivity index (χ4n) is 3.23. The lowest BCUT2D eigenvalue weighted by molar-refractivity contribution is -0.138. The number of halogens is 1. The first kappa shape index (κ1) is 21.2. The summed E-state index contributed by atoms with van der Waals surface area (Å²) in [5, 5.41) is 6.04. The van der Waals surface area contributed by atoms with E-state index in [4.69, 9.17) is 16.3 Å². The second-order valence-corrected chi connectivity index (χ2v) is 7.74. The number of allylic oxidation sites excluding steroid dienone is 1. The summed E-state index contributed by atoms with van der Waals surface area (Å²) in [6, 6.07) is 6.84. The molecule has 6 nitrogen and oxygen atoms in total. The number of esters is 1. The number of ether oxygens (including phenoxy) is 1. The van der Waals surface area contributed by atoms with Crippen LogP contribution < -0.4 is 5.32 Å². The summed E-state index contributed by atoms with van der Waals surface area (Å²) in [4.78, 5) is 31.6. The molecular formula is C21H22ClN3O3S. The molecule has 1 unspecified atom stereocenters. The predicted molar refractivity (Wildman–Crippen MR) is 116 cm³/mol. The summed E-state index contributed by atoms with van der Waals surface area (Å²) < 4.78 is 5.34. The zero-order chi connectivity index (χ0) is 21.0. The van der Waals surface area contributed by atoms with Crippen molar-refractivity contribution >= 4 is 40.4 Å². The Hall–Kier alpha value is -2.51. The first-order chi connectivity index (χ1) is 14.0. The summed E-state index contributed by atoms with van der Waals surface area (Å²) in [5.41, 5.74) is 2.66. The number of hydrogen-bond donors (Lipinski definition) is 1. The molecule has 3 rings (SSSR count). The van der Waals surface area contributed by atoms with Crippen molar-refractivity contribution in [3.05, 3.63) is 69.9 Å². The summed E-state index contributed by atoms with van der Waals surface area (Å²) >= 11 is 7.51. The second-order valence-electron chi connectivity index (χ2n) is 6.46. The first-order valence-electron chi connectivity index (χ1n) is 9.20. The van der Waals surface area contributed by atoms with Crippen molar-refractivity contribution in [2.75, 3.05) is 13.2 Å². The van der Waals surface area contributed by atoms with Gasteiger partial charge in [-0.3, -0.25) is 4.79 Å². The number of aliphatic imine (C=N–C) groups is 1. The third-order valence-electron chi connectivity index (χ3n) is 4.45. The van der Waals surface area contributed by atoms with E-state index in [9.17, 15) is 9.59 Å². The fourth-order valence-corrected chi connectivity index (χ4v) is 4.32. The molecule has 0 saturated heterocycles. The van der Waals surface area contributed by atoms with Gasteiger partial charge in [-0.05, 0) is 37.0 Å². The number of amidine groups is 1. The van der Waals surface area contributed by atoms with Crippen LogP contribution in [0.15, 0.2) is 64.3 Å². The van der Waals surface area contributed by atoms with Gasteiger partial charge in [0.15, 0.2) is 5.17 Å². The van der Waals surface area contributed by atoms with Crippen molar-refractivity contribution in [3.8, 4) is 0 Å². The maximum Gasteiger partial charge on any atom is 0.338 e. The van der Waals surface area contributed by atoms with Crippen LogP contribution in [0.25, 0.3) is 0 Å². The molecule has 0 fully saturated rings. The summed E-state index contributed by atoms with van der Waals surface area (Å²) in [5.74, 6) is -0.545. The number of carbonyl (C=O) groups is 2. The quantitative estimate of drug-likeness (QED) is 0.518. The standard InChI is InChI=1S/C21H22ClN3O3S/c1-4-10-28-20(27)18-13(3)24-21-25(16(12-29-21)11-17(26)23-5-2)19(18)14-6-8-15(22)9-7-14/h4,6-9,12,19H,1,5,10-11H2,2-3H3,(H,23,26). The number of rotatable bonds is 7. The van der Waals surface area contributed by atoms with Crippen LogP contribution in [-0.2, 0) is 14.3 Å². The van der Waals surface area contributed by atoms with Gasteiger partial charge in [0, 0.05) is 17.3 Å². The molecule has 2 aliphatic rings. The molecule has 29 heavy (non-hydrogen) atoms. The average molecular weight is 432 g/mol. The van der Waals surface area contributed by atoms with E-state index in [1.54, 1.807) is 19.1 Å². The Morgan fingerprint density at radius 1 is 1.38 bits per heavy atom. The molecule has 2 aliphatic heterocycles. The molecule has 1 atom stereocenters. The number of thioether (sulfide) groups is 1. The Kier molecular flexibility index (Phi) is 6.82. The van der Waals surface area contributed by atoms with Crippen LogP contribution in [0.4, 0.5) is 0 Å². The minimum atomic E-state index is -0.465. The monoisotopic (exact) mass is 431 g/mol. The predicted octanol–water partition coefficient (Wildman–Crippen LogP) is 4.17. The number of nitrogens with zero attached hydrogens (tertiary/aromatic N) is 2. The third-order valence-corrected chi connectivity index (χ3v) is 5.59. The maximum absolute atomic E-state index is 12.9. The average Bonchev–Trinajstić information content (AvgIpc) is 3.08. The van der Waals surface area contributed by atoms with Crippen LogP contribution in [0, 0.1) is 0 Å². The molecule has 0 radical (unpaired) electrons. The molecule has 0 spiro atoms. The highest BCUT2D eigenvalue weighted by atomic mass is 35.5. The Bertz CT molecular complexity index is 922. The molecule has 152 valence electrons. The van der Waals surface area contributed by atoms with Crippen molar-refractivity contribution in [1.82, 2.24) is 10.2 Å². The van der Waals surface area contributed by atoms with Crippen molar-refractivity contribution in [3.63, 3.8) is 0 Å². The molecule has 0 saturated carbocycles. The zero-order valence-electron chi connectivity index (χ0n) is 16.3. The topological polar surface area (TPSA) is 71.0 Å². The SMILES string of the molecule is C=CCOC(=O)C1=C(C)N=C2SC=C(CC(=O)NCC)N2C1c1ccc(Cl)cc1. The number of amides is 1. The molecule has 1 amide bonds. The van der Waals surface area contributed by atoms with Crippen molar-refractivity contribution in [2.24, 2.45) is 4.99 Å². The van der Waals surface area contributed by atoms with Gasteiger partial charge in [0.25, 0.3) is 0 Å². The Morgan fingerprint density at radius 2 is 2.10 bits per heavy atom. The van der Waals surface area contributed by atoms with E-state index in [1.165, 1.54) is 17.8 Å². The molecule has 1 aromatic carbocycles. The largest absolute Gasteiger partial charge is 0.458 e. The summed E-state index contributed by atoms with van der Waals surface area (Å²) in [7, 11) is 0. The van der Waals surface area contributed by atoms with E-state index in [1.807, 2.05) is 29.4 Å². The first-order valence-corrected chi connectivity index (χ1v) is 10.5. The minimum absolute atomic E-state index is 0.0856. The highest BCUT2D eigenvalue weighted by Gasteiger charge is 2.41. The van der Waals surface area contributed by atoms with Gasteiger partial charge in [-0.25, -0.2) is 9.79 Å². The molecule has 1 N–H and O–H groups in total. The van der Waals surface area contributed by atoms with Crippen molar-refractivity contribution in [2.45, 2.75) is 26.3 Å². The zero-order valence-corrected chi connectivity index (χ0v) is 17.8. The normalized spacial score (nSPS) is 18.0. The van der Waals surface area contributed by atoms with Gasteiger partial charge < -0.3 is 15.0 Å². The molecule has 0 aliphatic carbocycles. The van der Waals surface area contributed by atoms with E-state index in [-0.39, 0.29) is 18.9 Å². The Morgan fingerprint density at radius 3 is 2.76 bits per heavy atom. The van der Waals surface area contributed by atoms with E-state index < -0.39 is 12.0 Å². The van der Waals surface area contributed by atoms with Gasteiger partial charge in [-0.15, -0.1) is 0 Å². The van der Waals surface area contributed by atoms with Gasteiger partial charge in [0.1, 0.15) is 6.61 Å². The highest BCUT2D eigenvalue weighted by Crippen LogP contribution is 2.44. The van der Waals surface area contributed by atoms with Crippen LogP contribution in [0.2, 0.25) is 5.02 Å².